The molecular formula is C13H10BrClN4OS. The zero-order valence-electron chi connectivity index (χ0n) is 10.6. The SMILES string of the molecule is C#CCOc1c(Cl)cc(C=NNc2nc(N)cs2)cc1Br. The molecule has 0 unspecified atom stereocenters. The van der Waals surface area contributed by atoms with Crippen LogP contribution in [0.4, 0.5) is 10.9 Å². The van der Waals surface area contributed by atoms with Crippen LogP contribution in [0.25, 0.3) is 0 Å². The van der Waals surface area contributed by atoms with Crippen molar-refractivity contribution in [3.05, 3.63) is 32.6 Å². The van der Waals surface area contributed by atoms with Crippen LogP contribution in [0.1, 0.15) is 5.56 Å². The molecule has 0 aliphatic rings. The number of hydrazone groups is 1. The summed E-state index contributed by atoms with van der Waals surface area (Å²) >= 11 is 10.9. The number of ether oxygens (including phenoxy) is 1. The molecule has 0 aliphatic carbocycles. The number of halogens is 2. The number of anilines is 2. The summed E-state index contributed by atoms with van der Waals surface area (Å²) in [6.07, 6.45) is 6.76. The number of terminal acetylenes is 1. The number of hydrogen-bond acceptors (Lipinski definition) is 6. The summed E-state index contributed by atoms with van der Waals surface area (Å²) in [5, 5.41) is 6.85. The van der Waals surface area contributed by atoms with Crippen LogP contribution in [0.3, 0.4) is 0 Å². The highest BCUT2D eigenvalue weighted by atomic mass is 79.9. The van der Waals surface area contributed by atoms with Crippen molar-refractivity contribution in [3.63, 3.8) is 0 Å². The fourth-order valence-electron chi connectivity index (χ4n) is 1.41. The number of rotatable bonds is 5. The molecule has 0 aliphatic heterocycles. The van der Waals surface area contributed by atoms with Gasteiger partial charge in [0.1, 0.15) is 12.4 Å². The van der Waals surface area contributed by atoms with Crippen LogP contribution in [-0.2, 0) is 0 Å². The zero-order valence-corrected chi connectivity index (χ0v) is 13.8. The molecule has 3 N–H and O–H groups in total. The second kappa shape index (κ2) is 7.31. The Morgan fingerprint density at radius 3 is 3.05 bits per heavy atom. The molecule has 2 aromatic rings. The van der Waals surface area contributed by atoms with Gasteiger partial charge in [0, 0.05) is 5.38 Å². The Morgan fingerprint density at radius 2 is 2.43 bits per heavy atom. The Hall–Kier alpha value is -1.75. The van der Waals surface area contributed by atoms with Gasteiger partial charge in [-0.15, -0.1) is 17.8 Å². The largest absolute Gasteiger partial charge is 0.478 e. The highest BCUT2D eigenvalue weighted by Gasteiger charge is 2.08. The van der Waals surface area contributed by atoms with E-state index in [1.807, 2.05) is 6.07 Å². The van der Waals surface area contributed by atoms with Crippen molar-refractivity contribution in [1.29, 1.82) is 0 Å². The number of benzene rings is 1. The third-order valence-electron chi connectivity index (χ3n) is 2.22. The first-order chi connectivity index (χ1) is 10.1. The van der Waals surface area contributed by atoms with Crippen LogP contribution in [-0.4, -0.2) is 17.8 Å². The third-order valence-corrected chi connectivity index (χ3v) is 3.85. The van der Waals surface area contributed by atoms with Crippen LogP contribution >= 0.6 is 38.9 Å². The van der Waals surface area contributed by atoms with Gasteiger partial charge in [0.2, 0.25) is 5.13 Å². The van der Waals surface area contributed by atoms with E-state index in [-0.39, 0.29) is 6.61 Å². The van der Waals surface area contributed by atoms with Crippen molar-refractivity contribution in [3.8, 4) is 18.1 Å². The molecule has 0 spiro atoms. The summed E-state index contributed by atoms with van der Waals surface area (Å²) in [6.45, 7) is 0.152. The van der Waals surface area contributed by atoms with Crippen LogP contribution < -0.4 is 15.9 Å². The average molecular weight is 386 g/mol. The third kappa shape index (κ3) is 4.36. The first-order valence-corrected chi connectivity index (χ1v) is 7.70. The van der Waals surface area contributed by atoms with E-state index in [0.717, 1.165) is 5.56 Å². The summed E-state index contributed by atoms with van der Waals surface area (Å²) in [4.78, 5) is 4.02. The molecule has 8 heteroatoms. The predicted molar refractivity (Wildman–Crippen MR) is 91.2 cm³/mol. The van der Waals surface area contributed by atoms with Gasteiger partial charge >= 0.3 is 0 Å². The van der Waals surface area contributed by atoms with E-state index in [1.54, 1.807) is 17.7 Å². The Bertz CT molecular complexity index is 687. The quantitative estimate of drug-likeness (QED) is 0.468. The fraction of sp³-hybridized carbons (Fsp3) is 0.0769. The lowest BCUT2D eigenvalue weighted by Gasteiger charge is -2.08. The summed E-state index contributed by atoms with van der Waals surface area (Å²) in [7, 11) is 0. The molecule has 2 rings (SSSR count). The van der Waals surface area contributed by atoms with E-state index in [1.165, 1.54) is 11.3 Å². The lowest BCUT2D eigenvalue weighted by atomic mass is 10.2. The zero-order chi connectivity index (χ0) is 15.2. The average Bonchev–Trinajstić information content (AvgIpc) is 2.84. The van der Waals surface area contributed by atoms with E-state index in [2.05, 4.69) is 37.4 Å². The molecule has 0 atom stereocenters. The Labute approximate surface area is 139 Å². The van der Waals surface area contributed by atoms with Crippen molar-refractivity contribution in [1.82, 2.24) is 4.98 Å². The highest BCUT2D eigenvalue weighted by molar-refractivity contribution is 9.10. The Balaban J connectivity index is 2.09. The standard InChI is InChI=1S/C13H10BrClN4OS/c1-2-3-20-12-9(14)4-8(5-10(12)15)6-17-19-13-18-11(16)7-21-13/h1,4-7H,3,16H2,(H,18,19). The summed E-state index contributed by atoms with van der Waals surface area (Å²) < 4.78 is 6.05. The lowest BCUT2D eigenvalue weighted by Crippen LogP contribution is -1.97. The molecule has 1 heterocycles. The van der Waals surface area contributed by atoms with Gasteiger partial charge in [-0.3, -0.25) is 5.43 Å². The molecule has 0 bridgehead atoms. The van der Waals surface area contributed by atoms with Crippen molar-refractivity contribution in [2.24, 2.45) is 5.10 Å². The number of thiazole rings is 1. The molecular weight excluding hydrogens is 376 g/mol. The molecule has 0 fully saturated rings. The van der Waals surface area contributed by atoms with Crippen molar-refractivity contribution in [2.75, 3.05) is 17.8 Å². The van der Waals surface area contributed by atoms with Crippen LogP contribution in [0.15, 0.2) is 27.1 Å². The molecule has 108 valence electrons. The second-order valence-electron chi connectivity index (χ2n) is 3.75. The Morgan fingerprint density at radius 1 is 1.62 bits per heavy atom. The van der Waals surface area contributed by atoms with Crippen molar-refractivity contribution < 1.29 is 4.74 Å². The molecule has 1 aromatic carbocycles. The number of nitrogens with zero attached hydrogens (tertiary/aromatic N) is 2. The van der Waals surface area contributed by atoms with E-state index >= 15 is 0 Å². The first kappa shape index (κ1) is 15.6. The maximum absolute atomic E-state index is 6.14. The smallest absolute Gasteiger partial charge is 0.205 e. The number of nitrogens with one attached hydrogen (secondary N) is 1. The molecule has 0 saturated carbocycles. The first-order valence-electron chi connectivity index (χ1n) is 5.65. The van der Waals surface area contributed by atoms with Gasteiger partial charge in [-0.25, -0.2) is 4.98 Å². The van der Waals surface area contributed by atoms with Crippen LogP contribution in [0.2, 0.25) is 5.02 Å². The highest BCUT2D eigenvalue weighted by Crippen LogP contribution is 2.34. The monoisotopic (exact) mass is 384 g/mol. The lowest BCUT2D eigenvalue weighted by molar-refractivity contribution is 0.368. The summed E-state index contributed by atoms with van der Waals surface area (Å²) in [6, 6.07) is 3.54. The van der Waals surface area contributed by atoms with Gasteiger partial charge in [0.15, 0.2) is 5.75 Å². The number of nitrogen functional groups attached to an aromatic ring is 1. The van der Waals surface area contributed by atoms with Gasteiger partial charge in [0.05, 0.1) is 15.7 Å². The Kier molecular flexibility index (Phi) is 5.44. The number of hydrogen-bond donors (Lipinski definition) is 2. The molecule has 21 heavy (non-hydrogen) atoms. The molecule has 0 amide bonds. The van der Waals surface area contributed by atoms with Crippen LogP contribution in [0, 0.1) is 12.3 Å². The van der Waals surface area contributed by atoms with Crippen LogP contribution in [0.5, 0.6) is 5.75 Å². The maximum atomic E-state index is 6.14. The van der Waals surface area contributed by atoms with Gasteiger partial charge in [-0.1, -0.05) is 17.5 Å². The van der Waals surface area contributed by atoms with Crippen molar-refractivity contribution in [2.45, 2.75) is 0 Å². The van der Waals surface area contributed by atoms with E-state index < -0.39 is 0 Å². The number of aromatic nitrogens is 1. The minimum Gasteiger partial charge on any atom is -0.478 e. The molecule has 1 aromatic heterocycles. The van der Waals surface area contributed by atoms with E-state index in [4.69, 9.17) is 28.5 Å². The predicted octanol–water partition coefficient (Wildman–Crippen LogP) is 3.60. The van der Waals surface area contributed by atoms with Gasteiger partial charge < -0.3 is 10.5 Å². The summed E-state index contributed by atoms with van der Waals surface area (Å²) in [5.41, 5.74) is 9.08. The number of nitrogens with two attached hydrogens (primary N) is 1. The van der Waals surface area contributed by atoms with E-state index in [0.29, 0.717) is 26.2 Å². The van der Waals surface area contributed by atoms with Gasteiger partial charge in [-0.2, -0.15) is 5.10 Å². The van der Waals surface area contributed by atoms with E-state index in [9.17, 15) is 0 Å². The molecule has 0 saturated heterocycles. The minimum atomic E-state index is 0.152. The van der Waals surface area contributed by atoms with Gasteiger partial charge in [0.25, 0.3) is 0 Å². The fourth-order valence-corrected chi connectivity index (χ4v) is 2.94. The minimum absolute atomic E-state index is 0.152. The maximum Gasteiger partial charge on any atom is 0.205 e. The molecule has 0 radical (unpaired) electrons. The normalized spacial score (nSPS) is 10.5. The van der Waals surface area contributed by atoms with Crippen molar-refractivity contribution >= 4 is 56.0 Å². The molecule has 5 nitrogen and oxygen atoms in total. The summed E-state index contributed by atoms with van der Waals surface area (Å²) in [5.74, 6) is 3.35. The van der Waals surface area contributed by atoms with Gasteiger partial charge in [-0.05, 0) is 33.6 Å². The topological polar surface area (TPSA) is 72.5 Å². The second-order valence-corrected chi connectivity index (χ2v) is 5.87.